The lowest BCUT2D eigenvalue weighted by atomic mass is 10.1. The Morgan fingerprint density at radius 2 is 2.18 bits per heavy atom. The number of unbranched alkanes of at least 4 members (excludes halogenated alkanes) is 1. The van der Waals surface area contributed by atoms with Crippen LogP contribution in [0.2, 0.25) is 0 Å². The Morgan fingerprint density at radius 1 is 1.32 bits per heavy atom. The third-order valence-electron chi connectivity index (χ3n) is 2.97. The number of rotatable bonds is 12. The molecule has 1 aromatic rings. The van der Waals surface area contributed by atoms with Crippen molar-refractivity contribution in [2.45, 2.75) is 32.6 Å². The first-order valence-electron chi connectivity index (χ1n) is 7.61. The molecule has 0 amide bonds. The second-order valence-corrected chi connectivity index (χ2v) is 5.86. The quantitative estimate of drug-likeness (QED) is 0.276. The van der Waals surface area contributed by atoms with E-state index in [1.54, 1.807) is 30.1 Å². The number of nitrogens with one attached hydrogen (secondary N) is 1. The summed E-state index contributed by atoms with van der Waals surface area (Å²) in [6.07, 6.45) is 5.77. The van der Waals surface area contributed by atoms with Crippen LogP contribution in [0.5, 0.6) is 0 Å². The molecule has 5 nitrogen and oxygen atoms in total. The first-order valence-corrected chi connectivity index (χ1v) is 8.76. The van der Waals surface area contributed by atoms with Crippen molar-refractivity contribution in [2.24, 2.45) is 0 Å². The minimum absolute atomic E-state index is 0.0853. The molecule has 0 atom stereocenters. The molecule has 0 aliphatic carbocycles. The van der Waals surface area contributed by atoms with Gasteiger partial charge < -0.3 is 10.1 Å². The molecule has 122 valence electrons. The zero-order valence-corrected chi connectivity index (χ0v) is 13.9. The van der Waals surface area contributed by atoms with Gasteiger partial charge in [-0.25, -0.2) is 0 Å². The van der Waals surface area contributed by atoms with Crippen molar-refractivity contribution in [3.8, 4) is 0 Å². The molecule has 0 unspecified atom stereocenters. The van der Waals surface area contributed by atoms with Crippen LogP contribution in [0, 0.1) is 0 Å². The number of hydrogen-bond acceptors (Lipinski definition) is 6. The number of Topliss-reactive ketones (excluding diaryl/α,β-unsaturated/α-hetero) is 1. The van der Waals surface area contributed by atoms with E-state index in [1.165, 1.54) is 19.0 Å². The highest BCUT2D eigenvalue weighted by Crippen LogP contribution is 2.06. The lowest BCUT2D eigenvalue weighted by Crippen LogP contribution is -2.18. The summed E-state index contributed by atoms with van der Waals surface area (Å²) in [5.74, 6) is 0.836. The lowest BCUT2D eigenvalue weighted by Gasteiger charge is -2.05. The molecule has 1 rings (SSSR count). The lowest BCUT2D eigenvalue weighted by molar-refractivity contribution is -0.141. The predicted molar refractivity (Wildman–Crippen MR) is 89.0 cm³/mol. The first kappa shape index (κ1) is 18.6. The average molecular weight is 324 g/mol. The summed E-state index contributed by atoms with van der Waals surface area (Å²) in [5, 5.41) is 3.32. The second-order valence-electron chi connectivity index (χ2n) is 4.81. The van der Waals surface area contributed by atoms with E-state index in [4.69, 9.17) is 4.74 Å². The average Bonchev–Trinajstić information content (AvgIpc) is 2.56. The van der Waals surface area contributed by atoms with Crippen molar-refractivity contribution in [2.75, 3.05) is 24.8 Å². The van der Waals surface area contributed by atoms with Gasteiger partial charge in [-0.15, -0.1) is 11.8 Å². The Hall–Kier alpha value is -1.40. The molecule has 0 radical (unpaired) electrons. The Labute approximate surface area is 136 Å². The van der Waals surface area contributed by atoms with E-state index < -0.39 is 0 Å². The standard InChI is InChI=1S/C16H24N2O3S/c1-2-3-8-17-10-11-22-13-21-16(20)7-6-15(19)14-5-4-9-18-12-14/h4-5,9,12,17H,2-3,6-8,10-11,13H2,1H3. The highest BCUT2D eigenvalue weighted by molar-refractivity contribution is 7.99. The van der Waals surface area contributed by atoms with Crippen molar-refractivity contribution in [3.05, 3.63) is 30.1 Å². The van der Waals surface area contributed by atoms with Gasteiger partial charge in [-0.05, 0) is 25.1 Å². The molecule has 0 aliphatic heterocycles. The molecule has 0 saturated carbocycles. The van der Waals surface area contributed by atoms with E-state index in [0.717, 1.165) is 18.8 Å². The minimum Gasteiger partial charge on any atom is -0.455 e. The topological polar surface area (TPSA) is 68.3 Å². The van der Waals surface area contributed by atoms with E-state index in [-0.39, 0.29) is 24.6 Å². The van der Waals surface area contributed by atoms with Gasteiger partial charge in [0.05, 0.1) is 6.42 Å². The predicted octanol–water partition coefficient (Wildman–Crippen LogP) is 2.67. The van der Waals surface area contributed by atoms with Gasteiger partial charge in [0.15, 0.2) is 5.78 Å². The van der Waals surface area contributed by atoms with Crippen LogP contribution in [0.4, 0.5) is 0 Å². The molecule has 22 heavy (non-hydrogen) atoms. The molecule has 0 aromatic carbocycles. The zero-order chi connectivity index (χ0) is 16.0. The monoisotopic (exact) mass is 324 g/mol. The van der Waals surface area contributed by atoms with Gasteiger partial charge in [-0.2, -0.15) is 0 Å². The van der Waals surface area contributed by atoms with Crippen LogP contribution in [0.1, 0.15) is 43.0 Å². The van der Waals surface area contributed by atoms with E-state index >= 15 is 0 Å². The number of pyridine rings is 1. The second kappa shape index (κ2) is 12.2. The molecule has 1 aromatic heterocycles. The van der Waals surface area contributed by atoms with Gasteiger partial charge in [0.25, 0.3) is 0 Å². The Balaban J connectivity index is 2.01. The fourth-order valence-electron chi connectivity index (χ4n) is 1.70. The fourth-order valence-corrected chi connectivity index (χ4v) is 2.32. The fraction of sp³-hybridized carbons (Fsp3) is 0.562. The minimum atomic E-state index is -0.330. The van der Waals surface area contributed by atoms with Crippen LogP contribution in [-0.2, 0) is 9.53 Å². The molecule has 0 spiro atoms. The number of aromatic nitrogens is 1. The summed E-state index contributed by atoms with van der Waals surface area (Å²) in [6.45, 7) is 4.12. The maximum absolute atomic E-state index is 11.8. The Kier molecular flexibility index (Phi) is 10.3. The van der Waals surface area contributed by atoms with Crippen LogP contribution in [0.25, 0.3) is 0 Å². The van der Waals surface area contributed by atoms with E-state index in [9.17, 15) is 9.59 Å². The summed E-state index contributed by atoms with van der Waals surface area (Å²) in [5.41, 5.74) is 0.530. The highest BCUT2D eigenvalue weighted by Gasteiger charge is 2.10. The number of carbonyl (C=O) groups is 2. The van der Waals surface area contributed by atoms with Gasteiger partial charge in [0.1, 0.15) is 5.94 Å². The molecule has 1 heterocycles. The molecule has 0 fully saturated rings. The zero-order valence-electron chi connectivity index (χ0n) is 13.0. The summed E-state index contributed by atoms with van der Waals surface area (Å²) in [6, 6.07) is 3.40. The smallest absolute Gasteiger partial charge is 0.307 e. The summed E-state index contributed by atoms with van der Waals surface area (Å²) < 4.78 is 5.08. The van der Waals surface area contributed by atoms with E-state index in [0.29, 0.717) is 11.5 Å². The van der Waals surface area contributed by atoms with E-state index in [2.05, 4.69) is 17.2 Å². The maximum Gasteiger partial charge on any atom is 0.307 e. The molecule has 0 aliphatic rings. The number of carbonyl (C=O) groups excluding carboxylic acids is 2. The largest absolute Gasteiger partial charge is 0.455 e. The molecule has 6 heteroatoms. The maximum atomic E-state index is 11.8. The number of thioether (sulfide) groups is 1. The van der Waals surface area contributed by atoms with Gasteiger partial charge >= 0.3 is 5.97 Å². The highest BCUT2D eigenvalue weighted by atomic mass is 32.2. The van der Waals surface area contributed by atoms with E-state index in [1.807, 2.05) is 0 Å². The summed E-state index contributed by atoms with van der Waals surface area (Å²) in [7, 11) is 0. The first-order chi connectivity index (χ1) is 10.7. The van der Waals surface area contributed by atoms with Crippen LogP contribution in [0.3, 0.4) is 0 Å². The SMILES string of the molecule is CCCCNCCSCOC(=O)CCC(=O)c1cccnc1. The summed E-state index contributed by atoms with van der Waals surface area (Å²) in [4.78, 5) is 27.2. The van der Waals surface area contributed by atoms with Gasteiger partial charge in [0, 0.05) is 36.7 Å². The van der Waals surface area contributed by atoms with Gasteiger partial charge in [-0.3, -0.25) is 14.6 Å². The normalized spacial score (nSPS) is 10.4. The number of nitrogens with zero attached hydrogens (tertiary/aromatic N) is 1. The number of ketones is 1. The van der Waals surface area contributed by atoms with Gasteiger partial charge in [0.2, 0.25) is 0 Å². The number of esters is 1. The van der Waals surface area contributed by atoms with Crippen molar-refractivity contribution >= 4 is 23.5 Å². The van der Waals surface area contributed by atoms with Crippen LogP contribution >= 0.6 is 11.8 Å². The third-order valence-corrected chi connectivity index (χ3v) is 3.75. The van der Waals surface area contributed by atoms with Crippen molar-refractivity contribution < 1.29 is 14.3 Å². The van der Waals surface area contributed by atoms with Crippen LogP contribution in [0.15, 0.2) is 24.5 Å². The molecular formula is C16H24N2O3S. The van der Waals surface area contributed by atoms with Crippen LogP contribution < -0.4 is 5.32 Å². The molecule has 1 N–H and O–H groups in total. The molecule has 0 saturated heterocycles. The number of hydrogen-bond donors (Lipinski definition) is 1. The number of ether oxygens (including phenoxy) is 1. The molecule has 0 bridgehead atoms. The van der Waals surface area contributed by atoms with Crippen molar-refractivity contribution in [1.29, 1.82) is 0 Å². The van der Waals surface area contributed by atoms with Gasteiger partial charge in [-0.1, -0.05) is 13.3 Å². The van der Waals surface area contributed by atoms with Crippen LogP contribution in [-0.4, -0.2) is 41.5 Å². The van der Waals surface area contributed by atoms with Crippen molar-refractivity contribution in [3.63, 3.8) is 0 Å². The third kappa shape index (κ3) is 8.79. The Bertz CT molecular complexity index is 440. The molecular weight excluding hydrogens is 300 g/mol. The Morgan fingerprint density at radius 3 is 2.91 bits per heavy atom. The summed E-state index contributed by atoms with van der Waals surface area (Å²) >= 11 is 1.57. The van der Waals surface area contributed by atoms with Crippen molar-refractivity contribution in [1.82, 2.24) is 10.3 Å².